The molecule has 6 atom stereocenters. The van der Waals surface area contributed by atoms with E-state index in [1.165, 1.54) is 0 Å². The molecule has 2 aromatic carbocycles. The monoisotopic (exact) mass is 563 g/mol. The van der Waals surface area contributed by atoms with Crippen LogP contribution in [-0.2, 0) is 22.4 Å². The van der Waals surface area contributed by atoms with Gasteiger partial charge in [0.2, 0.25) is 5.91 Å². The summed E-state index contributed by atoms with van der Waals surface area (Å²) in [5.41, 5.74) is 6.55. The molecule has 41 heavy (non-hydrogen) atoms. The molecule has 0 radical (unpaired) electrons. The third-order valence-corrected chi connectivity index (χ3v) is 9.25. The van der Waals surface area contributed by atoms with E-state index in [1.54, 1.807) is 19.0 Å². The molecule has 218 valence electrons. The van der Waals surface area contributed by atoms with Gasteiger partial charge in [0.25, 0.3) is 0 Å². The second-order valence-corrected chi connectivity index (χ2v) is 11.9. The Morgan fingerprint density at radius 1 is 1.10 bits per heavy atom. The van der Waals surface area contributed by atoms with E-state index in [-0.39, 0.29) is 29.7 Å². The highest BCUT2D eigenvalue weighted by atomic mass is 16.3. The predicted octanol–water partition coefficient (Wildman–Crippen LogP) is 1.58. The van der Waals surface area contributed by atoms with Crippen LogP contribution in [-0.4, -0.2) is 88.7 Å². The fourth-order valence-corrected chi connectivity index (χ4v) is 7.20. The number of carbonyl (C=O) groups excluding carboxylic acids is 3. The number of phenols is 1. The summed E-state index contributed by atoms with van der Waals surface area (Å²) in [6.07, 6.45) is -0.744. The lowest BCUT2D eigenvalue weighted by Crippen LogP contribution is -2.71. The number of hydrogen-bond donors (Lipinski definition) is 5. The first-order valence-electron chi connectivity index (χ1n) is 13.8. The van der Waals surface area contributed by atoms with Crippen molar-refractivity contribution in [1.29, 1.82) is 0 Å². The van der Waals surface area contributed by atoms with Crippen LogP contribution in [0.15, 0.2) is 41.7 Å². The van der Waals surface area contributed by atoms with Crippen molar-refractivity contribution in [2.24, 2.45) is 23.5 Å². The molecule has 0 bridgehead atoms. The molecular formula is C31H37N3O7. The highest BCUT2D eigenvalue weighted by Gasteiger charge is 2.66. The van der Waals surface area contributed by atoms with Crippen LogP contribution in [0.5, 0.6) is 5.75 Å². The number of rotatable bonds is 5. The maximum Gasteiger partial charge on any atom is 0.230 e. The van der Waals surface area contributed by atoms with Crippen molar-refractivity contribution in [1.82, 2.24) is 4.90 Å². The Kier molecular flexibility index (Phi) is 7.00. The van der Waals surface area contributed by atoms with E-state index in [4.69, 9.17) is 5.73 Å². The van der Waals surface area contributed by atoms with Crippen molar-refractivity contribution in [2.45, 2.75) is 43.9 Å². The number of amides is 1. The van der Waals surface area contributed by atoms with E-state index in [9.17, 15) is 34.8 Å². The summed E-state index contributed by atoms with van der Waals surface area (Å²) in [5, 5.41) is 45.7. The molecule has 1 saturated carbocycles. The average Bonchev–Trinajstić information content (AvgIpc) is 2.90. The number of aliphatic hydroxyl groups is 3. The van der Waals surface area contributed by atoms with E-state index in [1.807, 2.05) is 56.3 Å². The van der Waals surface area contributed by atoms with E-state index >= 15 is 0 Å². The molecular weight excluding hydrogens is 526 g/mol. The van der Waals surface area contributed by atoms with Gasteiger partial charge in [-0.25, -0.2) is 0 Å². The largest absolute Gasteiger partial charge is 0.508 e. The fraction of sp³-hybridized carbons (Fsp3) is 0.452. The lowest BCUT2D eigenvalue weighted by atomic mass is 9.55. The van der Waals surface area contributed by atoms with Crippen LogP contribution >= 0.6 is 0 Å². The SMILES string of the molecule is CCc1cc(-c2ccc(N(C)C)cc2)c2c(c1O)C(=O)C1=C(O)[C@]3(O)C(=O)C(C(N)=O)C(O)C(N(C)C)[C@@H]3C[C@@H]1C2. The van der Waals surface area contributed by atoms with Crippen molar-refractivity contribution in [2.75, 3.05) is 33.1 Å². The summed E-state index contributed by atoms with van der Waals surface area (Å²) in [4.78, 5) is 43.5. The van der Waals surface area contributed by atoms with Crippen LogP contribution in [0, 0.1) is 17.8 Å². The van der Waals surface area contributed by atoms with Crippen molar-refractivity contribution >= 4 is 23.2 Å². The zero-order chi connectivity index (χ0) is 30.1. The number of allylic oxidation sites excluding steroid dienone is 1. The minimum absolute atomic E-state index is 0.0368. The Morgan fingerprint density at radius 3 is 2.27 bits per heavy atom. The third kappa shape index (κ3) is 4.07. The van der Waals surface area contributed by atoms with E-state index in [2.05, 4.69) is 0 Å². The molecule has 0 saturated heterocycles. The third-order valence-electron chi connectivity index (χ3n) is 9.25. The molecule has 5 rings (SSSR count). The summed E-state index contributed by atoms with van der Waals surface area (Å²) in [6.45, 7) is 1.86. The second kappa shape index (κ2) is 9.97. The number of Topliss-reactive ketones (excluding diaryl/α,β-unsaturated/α-hetero) is 2. The van der Waals surface area contributed by atoms with E-state index in [0.29, 0.717) is 17.5 Å². The number of fused-ring (bicyclic) bond motifs is 3. The summed E-state index contributed by atoms with van der Waals surface area (Å²) >= 11 is 0. The van der Waals surface area contributed by atoms with Gasteiger partial charge in [-0.3, -0.25) is 14.4 Å². The number of nitrogens with two attached hydrogens (primary N) is 1. The van der Waals surface area contributed by atoms with Crippen LogP contribution in [0.4, 0.5) is 5.69 Å². The molecule has 3 unspecified atom stereocenters. The highest BCUT2D eigenvalue weighted by molar-refractivity contribution is 6.16. The van der Waals surface area contributed by atoms with Crippen molar-refractivity contribution in [3.63, 3.8) is 0 Å². The van der Waals surface area contributed by atoms with E-state index in [0.717, 1.165) is 16.8 Å². The van der Waals surface area contributed by atoms with Gasteiger partial charge in [-0.2, -0.15) is 0 Å². The molecule has 10 heteroatoms. The number of primary amides is 1. The first-order valence-corrected chi connectivity index (χ1v) is 13.8. The number of phenolic OH excluding ortho intramolecular Hbond substituents is 1. The summed E-state index contributed by atoms with van der Waals surface area (Å²) in [7, 11) is 7.16. The minimum Gasteiger partial charge on any atom is -0.508 e. The molecule has 0 aromatic heterocycles. The normalized spacial score (nSPS) is 29.2. The van der Waals surface area contributed by atoms with Crippen LogP contribution in [0.25, 0.3) is 11.1 Å². The van der Waals surface area contributed by atoms with Gasteiger partial charge < -0.3 is 36.0 Å². The molecule has 0 aliphatic heterocycles. The molecule has 10 nitrogen and oxygen atoms in total. The van der Waals surface area contributed by atoms with Crippen LogP contribution in [0.1, 0.15) is 34.8 Å². The fourth-order valence-electron chi connectivity index (χ4n) is 7.20. The summed E-state index contributed by atoms with van der Waals surface area (Å²) < 4.78 is 0. The number of likely N-dealkylation sites (N-methyl/N-ethyl adjacent to an activating group) is 1. The lowest BCUT2D eigenvalue weighted by molar-refractivity contribution is -0.178. The number of nitrogens with zero attached hydrogens (tertiary/aromatic N) is 2. The number of hydrogen-bond acceptors (Lipinski definition) is 9. The Bertz CT molecular complexity index is 1480. The molecule has 2 aromatic rings. The van der Waals surface area contributed by atoms with E-state index < -0.39 is 58.7 Å². The number of benzene rings is 2. The first-order chi connectivity index (χ1) is 19.2. The van der Waals surface area contributed by atoms with Gasteiger partial charge in [-0.1, -0.05) is 19.1 Å². The van der Waals surface area contributed by atoms with Crippen LogP contribution in [0.2, 0.25) is 0 Å². The highest BCUT2D eigenvalue weighted by Crippen LogP contribution is 2.53. The number of anilines is 1. The topological polar surface area (TPSA) is 165 Å². The smallest absolute Gasteiger partial charge is 0.230 e. The van der Waals surface area contributed by atoms with Gasteiger partial charge in [-0.15, -0.1) is 0 Å². The summed E-state index contributed by atoms with van der Waals surface area (Å²) in [5.74, 6) is -7.36. The number of aryl methyl sites for hydroxylation is 1. The number of aromatic hydroxyl groups is 1. The van der Waals surface area contributed by atoms with Crippen LogP contribution < -0.4 is 10.6 Å². The van der Waals surface area contributed by atoms with Crippen molar-refractivity contribution < 1.29 is 34.8 Å². The Labute approximate surface area is 238 Å². The molecule has 1 amide bonds. The van der Waals surface area contributed by atoms with Crippen molar-refractivity contribution in [3.05, 3.63) is 58.4 Å². The molecule has 0 heterocycles. The first kappa shape index (κ1) is 28.8. The van der Waals surface area contributed by atoms with Gasteiger partial charge in [0.1, 0.15) is 17.4 Å². The van der Waals surface area contributed by atoms with Crippen LogP contribution in [0.3, 0.4) is 0 Å². The number of ketones is 2. The van der Waals surface area contributed by atoms with Gasteiger partial charge in [0.15, 0.2) is 17.2 Å². The molecule has 0 spiro atoms. The van der Waals surface area contributed by atoms with Gasteiger partial charge in [-0.05, 0) is 79.7 Å². The zero-order valence-corrected chi connectivity index (χ0v) is 23.9. The van der Waals surface area contributed by atoms with Crippen molar-refractivity contribution in [3.8, 4) is 16.9 Å². The maximum absolute atomic E-state index is 14.1. The second-order valence-electron chi connectivity index (χ2n) is 11.9. The number of carbonyl (C=O) groups is 3. The quantitative estimate of drug-likeness (QED) is 0.340. The molecule has 1 fully saturated rings. The zero-order valence-electron chi connectivity index (χ0n) is 23.9. The predicted molar refractivity (Wildman–Crippen MR) is 153 cm³/mol. The van der Waals surface area contributed by atoms with Gasteiger partial charge >= 0.3 is 0 Å². The molecule has 3 aliphatic carbocycles. The standard InChI is InChI=1S/C31H37N3O7/c1-6-14-11-18(15-7-9-17(10-8-15)33(2)3)19-12-16-13-20-24(34(4)5)27(37)23(30(32)40)29(39)31(20,41)28(38)21(16)26(36)22(19)25(14)35/h7-11,16,20,23-24,27,35,37-38,41H,6,12-13H2,1-5H3,(H2,32,40)/t16-,20-,23?,24?,27?,31-/m0/s1. The maximum atomic E-state index is 14.1. The minimum atomic E-state index is -2.60. The Balaban J connectivity index is 1.72. The Morgan fingerprint density at radius 2 is 1.73 bits per heavy atom. The molecule has 3 aliphatic rings. The molecule has 6 N–H and O–H groups in total. The van der Waals surface area contributed by atoms with Gasteiger partial charge in [0, 0.05) is 37.3 Å². The lowest BCUT2D eigenvalue weighted by Gasteiger charge is -2.53. The van der Waals surface area contributed by atoms with Gasteiger partial charge in [0.05, 0.1) is 11.7 Å². The number of aliphatic hydroxyl groups excluding tert-OH is 2. The average molecular weight is 564 g/mol. The Hall–Kier alpha value is -3.73. The summed E-state index contributed by atoms with van der Waals surface area (Å²) in [6, 6.07) is 8.81.